The van der Waals surface area contributed by atoms with Gasteiger partial charge in [0.2, 0.25) is 0 Å². The van der Waals surface area contributed by atoms with E-state index in [4.69, 9.17) is 0 Å². The number of benzene rings is 1. The molecule has 0 spiro atoms. The van der Waals surface area contributed by atoms with Gasteiger partial charge >= 0.3 is 23.9 Å². The summed E-state index contributed by atoms with van der Waals surface area (Å²) in [6, 6.07) is 6.79. The summed E-state index contributed by atoms with van der Waals surface area (Å²) >= 11 is 0. The van der Waals surface area contributed by atoms with Crippen LogP contribution in [0.25, 0.3) is 0 Å². The zero-order chi connectivity index (χ0) is 25.0. The van der Waals surface area contributed by atoms with Gasteiger partial charge in [-0.05, 0) is 36.5 Å². The number of carbonyl (C=O) groups excluding carboxylic acids is 2. The summed E-state index contributed by atoms with van der Waals surface area (Å²) in [5.74, 6) is -2.02. The van der Waals surface area contributed by atoms with Crippen LogP contribution in [0.15, 0.2) is 24.3 Å². The van der Waals surface area contributed by atoms with E-state index in [-0.39, 0.29) is 35.9 Å². The molecule has 0 aliphatic rings. The van der Waals surface area contributed by atoms with Crippen molar-refractivity contribution in [1.82, 2.24) is 0 Å². The van der Waals surface area contributed by atoms with Crippen LogP contribution in [0.4, 0.5) is 0 Å². The molecule has 0 aromatic heterocycles. The van der Waals surface area contributed by atoms with Crippen LogP contribution < -0.4 is 10.2 Å². The van der Waals surface area contributed by atoms with Gasteiger partial charge < -0.3 is 19.8 Å². The maximum atomic E-state index is 10.4. The van der Waals surface area contributed by atoms with Crippen molar-refractivity contribution in [3.05, 3.63) is 49.2 Å². The first-order valence-electron chi connectivity index (χ1n) is 12.4. The summed E-state index contributed by atoms with van der Waals surface area (Å²) < 4.78 is 0. The Balaban J connectivity index is -0.000000189. The minimum Gasteiger partial charge on any atom is -0.550 e. The van der Waals surface area contributed by atoms with Gasteiger partial charge in [0.05, 0.1) is 5.97 Å². The zero-order valence-electron chi connectivity index (χ0n) is 21.8. The van der Waals surface area contributed by atoms with Crippen molar-refractivity contribution in [1.29, 1.82) is 0 Å². The molecule has 188 valence electrons. The molecule has 0 N–H and O–H groups in total. The molecule has 4 radical (unpaired) electrons. The van der Waals surface area contributed by atoms with Gasteiger partial charge in [0, 0.05) is 5.97 Å². The van der Waals surface area contributed by atoms with Crippen LogP contribution in [0.2, 0.25) is 0 Å². The quantitative estimate of drug-likeness (QED) is 0.225. The van der Waals surface area contributed by atoms with Crippen molar-refractivity contribution in [2.24, 2.45) is 0 Å². The molecule has 0 atom stereocenters. The summed E-state index contributed by atoms with van der Waals surface area (Å²) in [5.41, 5.74) is 1.27. The van der Waals surface area contributed by atoms with Crippen LogP contribution in [0.5, 0.6) is 0 Å². The van der Waals surface area contributed by atoms with Crippen LogP contribution in [-0.2, 0) is 11.2 Å². The van der Waals surface area contributed by atoms with Crippen LogP contribution in [0.3, 0.4) is 0 Å². The van der Waals surface area contributed by atoms with E-state index in [0.29, 0.717) is 0 Å². The predicted octanol–water partition coefficient (Wildman–Crippen LogP) is 5.74. The van der Waals surface area contributed by atoms with Crippen LogP contribution in [0.1, 0.15) is 127 Å². The molecule has 33 heavy (non-hydrogen) atoms. The third-order valence-corrected chi connectivity index (χ3v) is 4.51. The Hall–Kier alpha value is -1.04. The topological polar surface area (TPSA) is 80.3 Å². The van der Waals surface area contributed by atoms with Crippen LogP contribution in [0, 0.1) is 13.8 Å². The van der Waals surface area contributed by atoms with Gasteiger partial charge in [-0.25, -0.2) is 0 Å². The monoisotopic (exact) mass is 568 g/mol. The third kappa shape index (κ3) is 35.7. The Morgan fingerprint density at radius 3 is 1.58 bits per heavy atom. The van der Waals surface area contributed by atoms with E-state index in [2.05, 4.69) is 34.6 Å². The number of carboxylic acids is 2. The molecule has 1 aromatic rings. The first-order chi connectivity index (χ1) is 15.3. The molecule has 5 heteroatoms. The Kier molecular flexibility index (Phi) is 39.3. The molecule has 0 saturated carbocycles. The van der Waals surface area contributed by atoms with Crippen molar-refractivity contribution < 1.29 is 19.8 Å². The molecular weight excluding hydrogens is 519 g/mol. The molecule has 1 rings (SSSR count). The Bertz CT molecular complexity index is 524. The normalized spacial score (nSPS) is 9.03. The maximum absolute atomic E-state index is 10.4. The zero-order valence-corrected chi connectivity index (χ0v) is 24.6. The summed E-state index contributed by atoms with van der Waals surface area (Å²) in [7, 11) is 0. The number of carbonyl (C=O) groups is 2. The molecule has 0 saturated heterocycles. The van der Waals surface area contributed by atoms with E-state index in [0.717, 1.165) is 37.7 Å². The van der Waals surface area contributed by atoms with Crippen LogP contribution >= 0.6 is 0 Å². The van der Waals surface area contributed by atoms with E-state index < -0.39 is 11.9 Å². The smallest absolute Gasteiger partial charge is 0.550 e. The molecule has 0 amide bonds. The number of aromatic carboxylic acids is 1. The Morgan fingerprint density at radius 1 is 0.758 bits per heavy atom. The molecule has 0 bridgehead atoms. The molecule has 0 aliphatic heterocycles. The van der Waals surface area contributed by atoms with E-state index in [1.54, 1.807) is 12.1 Å². The molecule has 0 fully saturated rings. The van der Waals surface area contributed by atoms with Gasteiger partial charge in [0.15, 0.2) is 0 Å². The van der Waals surface area contributed by atoms with Gasteiger partial charge in [0.25, 0.3) is 0 Å². The minimum absolute atomic E-state index is 0. The van der Waals surface area contributed by atoms with Crippen molar-refractivity contribution in [2.75, 3.05) is 0 Å². The molecule has 1 aromatic carbocycles. The number of rotatable bonds is 13. The Labute approximate surface area is 221 Å². The molecule has 0 unspecified atom stereocenters. The first kappa shape index (κ1) is 39.2. The van der Waals surface area contributed by atoms with Crippen molar-refractivity contribution in [2.45, 2.75) is 118 Å². The van der Waals surface area contributed by atoms with E-state index in [1.165, 1.54) is 57.4 Å². The number of unbranched alkanes of at least 4 members (excludes halogenated alkanes) is 9. The first-order valence-corrected chi connectivity index (χ1v) is 12.4. The fourth-order valence-electron chi connectivity index (χ4n) is 2.32. The fourth-order valence-corrected chi connectivity index (χ4v) is 2.32. The number of carboxylic acid groups (broad SMARTS) is 2. The number of aryl methyl sites for hydroxylation is 1. The molecular formula is C28H48O4Sn. The number of hydrogen-bond acceptors (Lipinski definition) is 4. The van der Waals surface area contributed by atoms with E-state index in [1.807, 2.05) is 13.0 Å². The van der Waals surface area contributed by atoms with Gasteiger partial charge in [-0.15, -0.1) is 0 Å². The second kappa shape index (κ2) is 33.1. The average Bonchev–Trinajstić information content (AvgIpc) is 2.81. The summed E-state index contributed by atoms with van der Waals surface area (Å²) in [5, 5.41) is 20.4. The summed E-state index contributed by atoms with van der Waals surface area (Å²) in [6.45, 7) is 15.6. The van der Waals surface area contributed by atoms with Gasteiger partial charge in [0.1, 0.15) is 0 Å². The predicted molar refractivity (Wildman–Crippen MR) is 139 cm³/mol. The number of aliphatic carboxylic acids is 1. The molecule has 0 aliphatic carbocycles. The summed E-state index contributed by atoms with van der Waals surface area (Å²) in [4.78, 5) is 20.4. The van der Waals surface area contributed by atoms with Gasteiger partial charge in [-0.1, -0.05) is 130 Å². The van der Waals surface area contributed by atoms with E-state index >= 15 is 0 Å². The maximum Gasteiger partial charge on any atom is 2.00 e. The average molecular weight is 567 g/mol. The SMILES string of the molecule is CCCCCCCCCCC(=O)[O-].CCc1cccc(C(=O)[O-])c1.[CH2]CCC.[CH2]CCC.[Sn+2]. The molecule has 4 nitrogen and oxygen atoms in total. The van der Waals surface area contributed by atoms with Crippen molar-refractivity contribution in [3.63, 3.8) is 0 Å². The number of hydrogen-bond donors (Lipinski definition) is 0. The Morgan fingerprint density at radius 2 is 1.21 bits per heavy atom. The van der Waals surface area contributed by atoms with Gasteiger partial charge in [-0.2, -0.15) is 0 Å². The van der Waals surface area contributed by atoms with Crippen molar-refractivity contribution in [3.8, 4) is 0 Å². The van der Waals surface area contributed by atoms with E-state index in [9.17, 15) is 19.8 Å². The second-order valence-electron chi connectivity index (χ2n) is 7.65. The van der Waals surface area contributed by atoms with Crippen LogP contribution in [-0.4, -0.2) is 35.8 Å². The fraction of sp³-hybridized carbons (Fsp3) is 0.643. The van der Waals surface area contributed by atoms with Gasteiger partial charge in [-0.3, -0.25) is 0 Å². The standard InChI is InChI=1S/C11H22O2.C9H10O2.2C4H9.Sn/c1-2-3-4-5-6-7-8-9-10-11(12)13;1-2-7-4-3-5-8(6-7)9(10)11;2*1-3-4-2;/h2-10H2,1H3,(H,12,13);3-6H,2H2,1H3,(H,10,11);2*1,3-4H2,2H3;/q;;;;+2/p-2. The second-order valence-corrected chi connectivity index (χ2v) is 7.65. The minimum atomic E-state index is -1.11. The largest absolute Gasteiger partial charge is 2.00 e. The third-order valence-electron chi connectivity index (χ3n) is 4.51. The van der Waals surface area contributed by atoms with Crippen molar-refractivity contribution >= 4 is 35.8 Å². The molecule has 0 heterocycles. The summed E-state index contributed by atoms with van der Waals surface area (Å²) in [6.07, 6.45) is 15.1.